The Morgan fingerprint density at radius 3 is 2.29 bits per heavy atom. The van der Waals surface area contributed by atoms with Crippen LogP contribution in [0.4, 0.5) is 0 Å². The first-order chi connectivity index (χ1) is 14.7. The average Bonchev–Trinajstić information content (AvgIpc) is 2.76. The maximum atomic E-state index is 13.0. The number of nitrogens with one attached hydrogen (secondary N) is 1. The molecule has 3 rings (SSSR count). The zero-order chi connectivity index (χ0) is 22.8. The second-order valence-corrected chi connectivity index (χ2v) is 11.0. The van der Waals surface area contributed by atoms with Crippen LogP contribution in [-0.2, 0) is 9.59 Å². The third-order valence-electron chi connectivity index (χ3n) is 9.30. The highest BCUT2D eigenvalue weighted by Crippen LogP contribution is 2.55. The molecule has 0 aliphatic heterocycles. The molecular weight excluding hydrogens is 388 g/mol. The van der Waals surface area contributed by atoms with E-state index in [1.807, 2.05) is 25.7 Å². The van der Waals surface area contributed by atoms with Crippen molar-refractivity contribution < 1.29 is 14.7 Å². The Morgan fingerprint density at radius 1 is 1.06 bits per heavy atom. The molecule has 0 unspecified atom stereocenters. The van der Waals surface area contributed by atoms with Crippen LogP contribution >= 0.6 is 0 Å². The van der Waals surface area contributed by atoms with Gasteiger partial charge in [0.2, 0.25) is 11.8 Å². The number of nitrogens with zero attached hydrogens (tertiary/aromatic N) is 1. The molecule has 0 radical (unpaired) electrons. The summed E-state index contributed by atoms with van der Waals surface area (Å²) in [5, 5.41) is 15.0. The smallest absolute Gasteiger partial charge is 0.225 e. The van der Waals surface area contributed by atoms with Crippen LogP contribution in [0.15, 0.2) is 0 Å². The van der Waals surface area contributed by atoms with Gasteiger partial charge in [-0.2, -0.15) is 0 Å². The van der Waals surface area contributed by atoms with Crippen LogP contribution in [0.5, 0.6) is 0 Å². The molecule has 0 aromatic heterocycles. The predicted molar refractivity (Wildman–Crippen MR) is 124 cm³/mol. The minimum atomic E-state index is -0.488. The molecule has 0 saturated heterocycles. The van der Waals surface area contributed by atoms with Gasteiger partial charge >= 0.3 is 0 Å². The van der Waals surface area contributed by atoms with Gasteiger partial charge in [0.15, 0.2) is 0 Å². The van der Waals surface area contributed by atoms with Gasteiger partial charge in [-0.15, -0.1) is 0 Å². The number of carbonyl (C=O) groups is 2. The molecule has 0 aromatic rings. The summed E-state index contributed by atoms with van der Waals surface area (Å²) in [5.41, 5.74) is 0.0966. The van der Waals surface area contributed by atoms with E-state index in [9.17, 15) is 14.7 Å². The van der Waals surface area contributed by atoms with Crippen molar-refractivity contribution in [2.75, 3.05) is 13.1 Å². The Labute approximate surface area is 189 Å². The van der Waals surface area contributed by atoms with Crippen molar-refractivity contribution >= 4 is 11.8 Å². The van der Waals surface area contributed by atoms with Crippen molar-refractivity contribution in [3.8, 4) is 0 Å². The van der Waals surface area contributed by atoms with Crippen LogP contribution in [-0.4, -0.2) is 47.1 Å². The van der Waals surface area contributed by atoms with E-state index in [0.717, 1.165) is 64.5 Å². The highest BCUT2D eigenvalue weighted by molar-refractivity contribution is 5.79. The van der Waals surface area contributed by atoms with E-state index in [1.54, 1.807) is 0 Å². The summed E-state index contributed by atoms with van der Waals surface area (Å²) in [5.74, 6) is 0.758. The zero-order valence-electron chi connectivity index (χ0n) is 20.5. The van der Waals surface area contributed by atoms with E-state index in [0.29, 0.717) is 0 Å². The van der Waals surface area contributed by atoms with Crippen LogP contribution in [0, 0.1) is 35.0 Å². The van der Waals surface area contributed by atoms with Crippen LogP contribution in [0.1, 0.15) is 92.4 Å². The number of hydrogen-bond donors (Lipinski definition) is 2. The minimum absolute atomic E-state index is 0.00132. The summed E-state index contributed by atoms with van der Waals surface area (Å²) in [6.45, 7) is 12.0. The van der Waals surface area contributed by atoms with Crippen molar-refractivity contribution in [1.82, 2.24) is 10.2 Å². The van der Waals surface area contributed by atoms with Crippen LogP contribution in [0.3, 0.4) is 0 Å². The summed E-state index contributed by atoms with van der Waals surface area (Å²) in [6.07, 6.45) is 9.14. The van der Waals surface area contributed by atoms with Gasteiger partial charge in [0.05, 0.1) is 6.10 Å². The van der Waals surface area contributed by atoms with Gasteiger partial charge in [0.25, 0.3) is 0 Å². The molecule has 178 valence electrons. The molecule has 0 spiro atoms. The SMILES string of the molecule is CCN(CC)C(=O)[C@@H](C)[C@H]1CC[C@@]2(C)CC[C@H](NC(=O)C3CCCCC3)[C@@H](C)[C@@H]2[C@H]1O. The molecule has 3 fully saturated rings. The highest BCUT2D eigenvalue weighted by atomic mass is 16.3. The minimum Gasteiger partial charge on any atom is -0.392 e. The van der Waals surface area contributed by atoms with Crippen LogP contribution < -0.4 is 5.32 Å². The number of fused-ring (bicyclic) bond motifs is 1. The second-order valence-electron chi connectivity index (χ2n) is 11.0. The fourth-order valence-electron chi connectivity index (χ4n) is 7.17. The standard InChI is InChI=1S/C26H46N2O3/c1-6-28(7-2)25(31)17(3)20-13-15-26(5)16-14-21(18(4)22(26)23(20)29)27-24(30)19-11-9-8-10-12-19/h17-23,29H,6-16H2,1-5H3,(H,27,30)/t17-,18+,20+,21-,22+,23-,26-/m0/s1. The summed E-state index contributed by atoms with van der Waals surface area (Å²) in [6, 6.07) is 0.134. The van der Waals surface area contributed by atoms with Crippen molar-refractivity contribution in [2.45, 2.75) is 105 Å². The lowest BCUT2D eigenvalue weighted by molar-refractivity contribution is -0.151. The molecule has 3 saturated carbocycles. The largest absolute Gasteiger partial charge is 0.392 e. The molecule has 5 nitrogen and oxygen atoms in total. The Bertz CT molecular complexity index is 628. The monoisotopic (exact) mass is 434 g/mol. The molecule has 2 N–H and O–H groups in total. The van der Waals surface area contributed by atoms with Crippen LogP contribution in [0.25, 0.3) is 0 Å². The quantitative estimate of drug-likeness (QED) is 0.652. The summed E-state index contributed by atoms with van der Waals surface area (Å²) in [4.78, 5) is 27.8. The first-order valence-electron chi connectivity index (χ1n) is 13.0. The van der Waals surface area contributed by atoms with Crippen molar-refractivity contribution in [3.05, 3.63) is 0 Å². The molecule has 31 heavy (non-hydrogen) atoms. The number of carbonyl (C=O) groups excluding carboxylic acids is 2. The van der Waals surface area contributed by atoms with E-state index in [1.165, 1.54) is 6.42 Å². The molecule has 0 heterocycles. The lowest BCUT2D eigenvalue weighted by atomic mass is 9.51. The van der Waals surface area contributed by atoms with Gasteiger partial charge in [0, 0.05) is 31.0 Å². The number of aliphatic hydroxyl groups excluding tert-OH is 1. The molecule has 0 bridgehead atoms. The lowest BCUT2D eigenvalue weighted by Crippen LogP contribution is -2.59. The third-order valence-corrected chi connectivity index (χ3v) is 9.30. The predicted octanol–water partition coefficient (Wildman–Crippen LogP) is 4.38. The van der Waals surface area contributed by atoms with Crippen molar-refractivity contribution in [2.24, 2.45) is 35.0 Å². The first kappa shape index (κ1) is 24.5. The summed E-state index contributed by atoms with van der Waals surface area (Å²) >= 11 is 0. The Kier molecular flexibility index (Phi) is 8.10. The average molecular weight is 435 g/mol. The molecular formula is C26H46N2O3. The summed E-state index contributed by atoms with van der Waals surface area (Å²) in [7, 11) is 0. The maximum absolute atomic E-state index is 13.0. The highest BCUT2D eigenvalue weighted by Gasteiger charge is 2.54. The van der Waals surface area contributed by atoms with Gasteiger partial charge in [-0.3, -0.25) is 9.59 Å². The molecule has 0 aromatic carbocycles. The third kappa shape index (κ3) is 4.96. The fourth-order valence-corrected chi connectivity index (χ4v) is 7.17. The Morgan fingerprint density at radius 2 is 1.68 bits per heavy atom. The molecule has 7 atom stereocenters. The van der Waals surface area contributed by atoms with E-state index >= 15 is 0 Å². The molecule has 5 heteroatoms. The molecule has 2 amide bonds. The van der Waals surface area contributed by atoms with E-state index in [-0.39, 0.29) is 52.9 Å². The fraction of sp³-hybridized carbons (Fsp3) is 0.923. The van der Waals surface area contributed by atoms with Gasteiger partial charge in [-0.05, 0) is 75.5 Å². The molecule has 3 aliphatic rings. The van der Waals surface area contributed by atoms with E-state index in [4.69, 9.17) is 0 Å². The van der Waals surface area contributed by atoms with Gasteiger partial charge in [-0.1, -0.05) is 40.0 Å². The van der Waals surface area contributed by atoms with E-state index in [2.05, 4.69) is 19.2 Å². The number of rotatable bonds is 6. The van der Waals surface area contributed by atoms with Crippen LogP contribution in [0.2, 0.25) is 0 Å². The number of amides is 2. The van der Waals surface area contributed by atoms with Gasteiger partial charge in [-0.25, -0.2) is 0 Å². The number of hydrogen-bond acceptors (Lipinski definition) is 3. The Balaban J connectivity index is 1.71. The van der Waals surface area contributed by atoms with Crippen molar-refractivity contribution in [1.29, 1.82) is 0 Å². The first-order valence-corrected chi connectivity index (χ1v) is 13.0. The van der Waals surface area contributed by atoms with Crippen molar-refractivity contribution in [3.63, 3.8) is 0 Å². The molecule has 3 aliphatic carbocycles. The van der Waals surface area contributed by atoms with Gasteiger partial charge < -0.3 is 15.3 Å². The zero-order valence-corrected chi connectivity index (χ0v) is 20.5. The summed E-state index contributed by atoms with van der Waals surface area (Å²) < 4.78 is 0. The topological polar surface area (TPSA) is 69.6 Å². The second kappa shape index (κ2) is 10.2. The Hall–Kier alpha value is -1.10. The van der Waals surface area contributed by atoms with E-state index < -0.39 is 6.10 Å². The normalized spacial score (nSPS) is 37.5. The number of aliphatic hydroxyl groups is 1. The maximum Gasteiger partial charge on any atom is 0.225 e. The lowest BCUT2D eigenvalue weighted by Gasteiger charge is -2.56. The van der Waals surface area contributed by atoms with Gasteiger partial charge in [0.1, 0.15) is 0 Å².